The Bertz CT molecular complexity index is 3340. The van der Waals surface area contributed by atoms with Crippen molar-refractivity contribution in [2.24, 2.45) is 0 Å². The second-order valence-corrected chi connectivity index (χ2v) is 25.4. The topological polar surface area (TPSA) is 6.48 Å². The largest absolute Gasteiger partial charge is 0.310 e. The van der Waals surface area contributed by atoms with E-state index < -0.39 is 5.41 Å². The average Bonchev–Trinajstić information content (AvgIpc) is 3.63. The molecule has 0 bridgehead atoms. The number of hydrogen-bond donors (Lipinski definition) is 0. The summed E-state index contributed by atoms with van der Waals surface area (Å²) in [5.74, 6) is 0. The van der Waals surface area contributed by atoms with E-state index >= 15 is 0 Å². The second-order valence-electron chi connectivity index (χ2n) is 24.3. The molecule has 9 aromatic carbocycles. The van der Waals surface area contributed by atoms with Gasteiger partial charge < -0.3 is 9.80 Å². The fourth-order valence-corrected chi connectivity index (χ4v) is 12.6. The maximum atomic E-state index is 2.57. The van der Waals surface area contributed by atoms with Gasteiger partial charge in [-0.1, -0.05) is 210 Å². The van der Waals surface area contributed by atoms with Gasteiger partial charge in [-0.05, 0) is 162 Å². The molecule has 0 atom stereocenters. The van der Waals surface area contributed by atoms with Crippen LogP contribution in [0.2, 0.25) is 0 Å². The zero-order valence-corrected chi connectivity index (χ0v) is 45.1. The van der Waals surface area contributed by atoms with Crippen LogP contribution >= 0.6 is 11.8 Å². The fourth-order valence-electron chi connectivity index (χ4n) is 11.4. The zero-order valence-electron chi connectivity index (χ0n) is 44.3. The van der Waals surface area contributed by atoms with E-state index in [2.05, 4.69) is 287 Å². The molecule has 1 spiro atoms. The van der Waals surface area contributed by atoms with E-state index in [0.29, 0.717) is 0 Å². The highest BCUT2D eigenvalue weighted by atomic mass is 32.2. The van der Waals surface area contributed by atoms with Crippen molar-refractivity contribution in [3.05, 3.63) is 239 Å². The lowest BCUT2D eigenvalue weighted by molar-refractivity contribution is 0.590. The molecule has 0 N–H and O–H groups in total. The van der Waals surface area contributed by atoms with Crippen molar-refractivity contribution >= 4 is 56.7 Å². The quantitative estimate of drug-likeness (QED) is 0.164. The van der Waals surface area contributed by atoms with Crippen molar-refractivity contribution in [3.8, 4) is 11.1 Å². The van der Waals surface area contributed by atoms with Crippen LogP contribution in [0.1, 0.15) is 128 Å². The van der Waals surface area contributed by atoms with Crippen molar-refractivity contribution in [2.75, 3.05) is 9.80 Å². The Hall–Kier alpha value is -6.81. The molecule has 0 saturated heterocycles. The number of hydrogen-bond acceptors (Lipinski definition) is 3. The molecule has 72 heavy (non-hydrogen) atoms. The molecule has 0 fully saturated rings. The molecular weight excluding hydrogens is 889 g/mol. The first-order chi connectivity index (χ1) is 34.2. The molecule has 1 aliphatic carbocycles. The van der Waals surface area contributed by atoms with Crippen LogP contribution in [0.15, 0.2) is 204 Å². The Morgan fingerprint density at radius 2 is 0.681 bits per heavy atom. The van der Waals surface area contributed by atoms with E-state index in [1.54, 1.807) is 0 Å². The van der Waals surface area contributed by atoms with E-state index in [1.807, 2.05) is 11.8 Å². The predicted molar refractivity (Wildman–Crippen MR) is 310 cm³/mol. The van der Waals surface area contributed by atoms with Gasteiger partial charge in [0, 0.05) is 43.6 Å². The van der Waals surface area contributed by atoms with Crippen LogP contribution in [-0.4, -0.2) is 0 Å². The first-order valence-electron chi connectivity index (χ1n) is 25.8. The summed E-state index contributed by atoms with van der Waals surface area (Å²) in [6.07, 6.45) is 0. The Morgan fingerprint density at radius 1 is 0.319 bits per heavy atom. The van der Waals surface area contributed by atoms with Gasteiger partial charge in [-0.3, -0.25) is 0 Å². The highest BCUT2D eigenvalue weighted by Crippen LogP contribution is 2.65. The lowest BCUT2D eigenvalue weighted by atomic mass is 9.67. The van der Waals surface area contributed by atoms with E-state index in [-0.39, 0.29) is 21.7 Å². The molecule has 360 valence electrons. The normalized spacial score (nSPS) is 13.9. The van der Waals surface area contributed by atoms with Gasteiger partial charge in [0.1, 0.15) is 0 Å². The third kappa shape index (κ3) is 7.96. The van der Waals surface area contributed by atoms with Gasteiger partial charge in [-0.2, -0.15) is 0 Å². The van der Waals surface area contributed by atoms with Gasteiger partial charge >= 0.3 is 0 Å². The maximum Gasteiger partial charge on any atom is 0.0737 e. The first kappa shape index (κ1) is 47.5. The van der Waals surface area contributed by atoms with Crippen LogP contribution in [0.4, 0.5) is 34.1 Å². The minimum absolute atomic E-state index is 0.0239. The summed E-state index contributed by atoms with van der Waals surface area (Å²) < 4.78 is 0. The molecule has 1 heterocycles. The number of anilines is 6. The molecule has 0 radical (unpaired) electrons. The SMILES string of the molecule is CC(C)(C)c1ccc(N(c2ccc(C(C)(C)C)cc2)c2ccc3c(c2)C2(c4ccccc4Sc4ccccc42)c2cc(N(c4ccc(C(C)(C)C)cc4)c4ccc(C(C)(C)C)cc4)c4ccccc4c2-3)cc1. The molecule has 9 aromatic rings. The number of rotatable bonds is 6. The molecule has 2 aliphatic rings. The summed E-state index contributed by atoms with van der Waals surface area (Å²) in [4.78, 5) is 7.56. The summed E-state index contributed by atoms with van der Waals surface area (Å²) in [5, 5.41) is 2.47. The summed E-state index contributed by atoms with van der Waals surface area (Å²) in [6, 6.07) is 74.6. The molecule has 0 aromatic heterocycles. The zero-order chi connectivity index (χ0) is 50.5. The smallest absolute Gasteiger partial charge is 0.0737 e. The Balaban J connectivity index is 1.22. The molecule has 11 rings (SSSR count). The number of fused-ring (bicyclic) bond motifs is 11. The van der Waals surface area contributed by atoms with Gasteiger partial charge in [0.05, 0.1) is 11.1 Å². The van der Waals surface area contributed by atoms with E-state index in [1.165, 1.54) is 76.2 Å². The third-order valence-corrected chi connectivity index (χ3v) is 16.5. The lowest BCUT2D eigenvalue weighted by Gasteiger charge is -2.40. The fraction of sp³-hybridized carbons (Fsp3) is 0.246. The van der Waals surface area contributed by atoms with Crippen molar-refractivity contribution in [1.82, 2.24) is 0 Å². The van der Waals surface area contributed by atoms with Crippen LogP contribution in [0.3, 0.4) is 0 Å². The average molecular weight is 957 g/mol. The standard InChI is InChI=1S/C69H68N2S/c1-65(2,3)45-25-33-49(34-26-45)70(50-35-27-46(28-36-50)66(4,5)6)53-41-42-56-59(43-53)69(57-21-15-17-23-62(57)72-63-24-18-16-22-58(63)69)60-44-61(54-19-13-14-20-55(54)64(56)60)71(51-37-29-47(30-38-51)67(7,8)9)52-39-31-48(32-40-52)68(10,11)12/h13-44H,1-12H3. The molecular formula is C69H68N2S. The Morgan fingerprint density at radius 3 is 1.10 bits per heavy atom. The van der Waals surface area contributed by atoms with Crippen LogP contribution < -0.4 is 9.80 Å². The van der Waals surface area contributed by atoms with Gasteiger partial charge in [-0.25, -0.2) is 0 Å². The molecule has 0 unspecified atom stereocenters. The predicted octanol–water partition coefficient (Wildman–Crippen LogP) is 19.8. The first-order valence-corrected chi connectivity index (χ1v) is 26.6. The molecule has 0 amide bonds. The van der Waals surface area contributed by atoms with E-state index in [9.17, 15) is 0 Å². The monoisotopic (exact) mass is 957 g/mol. The van der Waals surface area contributed by atoms with Crippen LogP contribution in [0.25, 0.3) is 21.9 Å². The van der Waals surface area contributed by atoms with Crippen LogP contribution in [-0.2, 0) is 27.1 Å². The summed E-state index contributed by atoms with van der Waals surface area (Å²) in [7, 11) is 0. The number of benzene rings is 9. The van der Waals surface area contributed by atoms with Crippen molar-refractivity contribution in [3.63, 3.8) is 0 Å². The summed E-state index contributed by atoms with van der Waals surface area (Å²) in [5.41, 5.74) is 19.4. The summed E-state index contributed by atoms with van der Waals surface area (Å²) in [6.45, 7) is 27.5. The number of nitrogens with zero attached hydrogens (tertiary/aromatic N) is 2. The minimum Gasteiger partial charge on any atom is -0.310 e. The van der Waals surface area contributed by atoms with Gasteiger partial charge in [-0.15, -0.1) is 0 Å². The van der Waals surface area contributed by atoms with Gasteiger partial charge in [0.25, 0.3) is 0 Å². The molecule has 1 aliphatic heterocycles. The maximum absolute atomic E-state index is 2.57. The third-order valence-electron chi connectivity index (χ3n) is 15.4. The van der Waals surface area contributed by atoms with E-state index in [4.69, 9.17) is 0 Å². The van der Waals surface area contributed by atoms with Crippen LogP contribution in [0.5, 0.6) is 0 Å². The molecule has 2 nitrogen and oxygen atoms in total. The Labute approximate surface area is 433 Å². The highest BCUT2D eigenvalue weighted by molar-refractivity contribution is 7.99. The van der Waals surface area contributed by atoms with Crippen molar-refractivity contribution in [2.45, 2.75) is 120 Å². The minimum atomic E-state index is -0.645. The van der Waals surface area contributed by atoms with Gasteiger partial charge in [0.15, 0.2) is 0 Å². The van der Waals surface area contributed by atoms with Crippen LogP contribution in [0, 0.1) is 0 Å². The molecule has 3 heteroatoms. The van der Waals surface area contributed by atoms with E-state index in [0.717, 1.165) is 34.1 Å². The molecule has 0 saturated carbocycles. The van der Waals surface area contributed by atoms with Crippen molar-refractivity contribution < 1.29 is 0 Å². The lowest BCUT2D eigenvalue weighted by Crippen LogP contribution is -2.32. The van der Waals surface area contributed by atoms with Crippen molar-refractivity contribution in [1.29, 1.82) is 0 Å². The second kappa shape index (κ2) is 17.2. The highest BCUT2D eigenvalue weighted by Gasteiger charge is 2.51. The Kier molecular flexibility index (Phi) is 11.3. The van der Waals surface area contributed by atoms with Gasteiger partial charge in [0.2, 0.25) is 0 Å². The summed E-state index contributed by atoms with van der Waals surface area (Å²) >= 11 is 1.90.